The lowest BCUT2D eigenvalue weighted by atomic mass is 10.2. The van der Waals surface area contributed by atoms with Crippen LogP contribution in [0.15, 0.2) is 0 Å². The summed E-state index contributed by atoms with van der Waals surface area (Å²) >= 11 is 0. The Morgan fingerprint density at radius 2 is 1.60 bits per heavy atom. The molecule has 1 aliphatic heterocycles. The third-order valence-electron chi connectivity index (χ3n) is 2.23. The van der Waals surface area contributed by atoms with Crippen molar-refractivity contribution < 1.29 is 18.0 Å². The molecule has 0 aromatic rings. The fraction of sp³-hybridized carbons (Fsp3) is 0.750. The second kappa shape index (κ2) is 3.80. The quantitative estimate of drug-likeness (QED) is 0.607. The maximum Gasteiger partial charge on any atom is 0.219 e. The lowest BCUT2D eigenvalue weighted by Crippen LogP contribution is -2.62. The van der Waals surface area contributed by atoms with Gasteiger partial charge in [-0.15, -0.1) is 0 Å². The number of carbonyl (C=O) groups excluding carboxylic acids is 2. The third kappa shape index (κ3) is 2.28. The predicted molar refractivity (Wildman–Crippen MR) is 53.4 cm³/mol. The lowest BCUT2D eigenvalue weighted by Gasteiger charge is -2.29. The van der Waals surface area contributed by atoms with E-state index >= 15 is 0 Å². The minimum atomic E-state index is -3.50. The summed E-state index contributed by atoms with van der Waals surface area (Å²) in [6, 6.07) is 0. The van der Waals surface area contributed by atoms with Crippen LogP contribution >= 0.6 is 0 Å². The summed E-state index contributed by atoms with van der Waals surface area (Å²) < 4.78 is 23.5. The van der Waals surface area contributed by atoms with Gasteiger partial charge in [-0.05, 0) is 6.42 Å². The van der Waals surface area contributed by atoms with Gasteiger partial charge in [0.15, 0.2) is 9.84 Å². The molecule has 0 spiro atoms. The SMILES string of the molecule is CC(=O)NC1(NC(C)=O)CCCS1(=O)=O. The van der Waals surface area contributed by atoms with Crippen molar-refractivity contribution in [2.45, 2.75) is 31.7 Å². The van der Waals surface area contributed by atoms with Crippen LogP contribution in [0.4, 0.5) is 0 Å². The van der Waals surface area contributed by atoms with Crippen LogP contribution in [0.1, 0.15) is 26.7 Å². The molecule has 1 aliphatic rings. The Morgan fingerprint density at radius 1 is 1.13 bits per heavy atom. The first-order chi connectivity index (χ1) is 6.79. The molecule has 0 atom stereocenters. The summed E-state index contributed by atoms with van der Waals surface area (Å²) in [6.45, 7) is 2.44. The molecule has 1 rings (SSSR count). The molecule has 2 amide bonds. The van der Waals surface area contributed by atoms with Gasteiger partial charge in [0.1, 0.15) is 0 Å². The minimum Gasteiger partial charge on any atom is -0.321 e. The maximum atomic E-state index is 11.7. The largest absolute Gasteiger partial charge is 0.321 e. The number of amides is 2. The zero-order valence-corrected chi connectivity index (χ0v) is 9.48. The second-order valence-corrected chi connectivity index (χ2v) is 5.95. The third-order valence-corrected chi connectivity index (χ3v) is 4.52. The molecule has 15 heavy (non-hydrogen) atoms. The lowest BCUT2D eigenvalue weighted by molar-refractivity contribution is -0.123. The number of carbonyl (C=O) groups is 2. The Hall–Kier alpha value is -1.11. The fourth-order valence-electron chi connectivity index (χ4n) is 1.72. The monoisotopic (exact) mass is 234 g/mol. The molecule has 0 aromatic carbocycles. The zero-order valence-electron chi connectivity index (χ0n) is 8.66. The number of hydrogen-bond donors (Lipinski definition) is 2. The fourth-order valence-corrected chi connectivity index (χ4v) is 3.65. The Morgan fingerprint density at radius 3 is 1.87 bits per heavy atom. The molecule has 0 radical (unpaired) electrons. The predicted octanol–water partition coefficient (Wildman–Crippen LogP) is -0.879. The summed E-state index contributed by atoms with van der Waals surface area (Å²) in [6.07, 6.45) is 0.650. The van der Waals surface area contributed by atoms with Gasteiger partial charge < -0.3 is 10.6 Å². The van der Waals surface area contributed by atoms with Gasteiger partial charge in [-0.3, -0.25) is 9.59 Å². The molecule has 1 fully saturated rings. The summed E-state index contributed by atoms with van der Waals surface area (Å²) in [5, 5.41) is 4.64. The van der Waals surface area contributed by atoms with Gasteiger partial charge in [0, 0.05) is 20.3 Å². The van der Waals surface area contributed by atoms with Gasteiger partial charge in [0.2, 0.25) is 16.8 Å². The zero-order chi connectivity index (χ0) is 11.7. The molecule has 7 heteroatoms. The van der Waals surface area contributed by atoms with E-state index in [9.17, 15) is 18.0 Å². The molecule has 1 heterocycles. The van der Waals surface area contributed by atoms with Crippen molar-refractivity contribution in [1.82, 2.24) is 10.6 Å². The van der Waals surface area contributed by atoms with Crippen LogP contribution in [0.3, 0.4) is 0 Å². The van der Waals surface area contributed by atoms with Crippen LogP contribution in [0, 0.1) is 0 Å². The molecule has 0 bridgehead atoms. The van der Waals surface area contributed by atoms with E-state index in [0.717, 1.165) is 0 Å². The van der Waals surface area contributed by atoms with Gasteiger partial charge >= 0.3 is 0 Å². The average Bonchev–Trinajstić information content (AvgIpc) is 2.24. The van der Waals surface area contributed by atoms with Crippen LogP contribution < -0.4 is 10.6 Å². The Kier molecular flexibility index (Phi) is 3.03. The summed E-state index contributed by atoms with van der Waals surface area (Å²) in [4.78, 5) is 20.3. The number of hydrogen-bond acceptors (Lipinski definition) is 4. The van der Waals surface area contributed by atoms with Crippen molar-refractivity contribution in [3.05, 3.63) is 0 Å². The van der Waals surface area contributed by atoms with E-state index in [4.69, 9.17) is 0 Å². The molecular formula is C8H14N2O4S. The molecule has 1 saturated heterocycles. The van der Waals surface area contributed by atoms with Crippen molar-refractivity contribution in [2.24, 2.45) is 0 Å². The van der Waals surface area contributed by atoms with Crippen LogP contribution in [-0.4, -0.2) is 31.0 Å². The van der Waals surface area contributed by atoms with E-state index in [1.807, 2.05) is 0 Å². The number of sulfone groups is 1. The highest BCUT2D eigenvalue weighted by molar-refractivity contribution is 7.93. The molecule has 0 aliphatic carbocycles. The van der Waals surface area contributed by atoms with Gasteiger partial charge in [-0.25, -0.2) is 8.42 Å². The molecule has 0 unspecified atom stereocenters. The minimum absolute atomic E-state index is 0.0203. The van der Waals surface area contributed by atoms with E-state index in [0.29, 0.717) is 6.42 Å². The Bertz CT molecular complexity index is 371. The maximum absolute atomic E-state index is 11.7. The van der Waals surface area contributed by atoms with Gasteiger partial charge in [-0.2, -0.15) is 0 Å². The van der Waals surface area contributed by atoms with Crippen molar-refractivity contribution >= 4 is 21.7 Å². The van der Waals surface area contributed by atoms with Crippen LogP contribution in [0.25, 0.3) is 0 Å². The average molecular weight is 234 g/mol. The highest BCUT2D eigenvalue weighted by atomic mass is 32.2. The van der Waals surface area contributed by atoms with Gasteiger partial charge in [0.05, 0.1) is 5.75 Å². The van der Waals surface area contributed by atoms with Crippen molar-refractivity contribution in [2.75, 3.05) is 5.75 Å². The van der Waals surface area contributed by atoms with Crippen molar-refractivity contribution in [3.8, 4) is 0 Å². The van der Waals surface area contributed by atoms with Crippen LogP contribution in [0.5, 0.6) is 0 Å². The summed E-state index contributed by atoms with van der Waals surface area (Å²) in [5.74, 6) is -0.975. The van der Waals surface area contributed by atoms with E-state index in [-0.39, 0.29) is 12.2 Å². The molecule has 0 saturated carbocycles. The smallest absolute Gasteiger partial charge is 0.219 e. The highest BCUT2D eigenvalue weighted by Gasteiger charge is 2.49. The Labute approximate surface area is 88.3 Å². The summed E-state index contributed by atoms with van der Waals surface area (Å²) in [5.41, 5.74) is 0. The standard InChI is InChI=1S/C8H14N2O4S/c1-6(11)9-8(10-7(2)12)4-3-5-15(8,13)14/h3-5H2,1-2H3,(H,9,11)(H,10,12). The van der Waals surface area contributed by atoms with E-state index in [1.165, 1.54) is 13.8 Å². The summed E-state index contributed by atoms with van der Waals surface area (Å²) in [7, 11) is -3.50. The first-order valence-corrected chi connectivity index (χ1v) is 6.24. The molecular weight excluding hydrogens is 220 g/mol. The molecule has 6 nitrogen and oxygen atoms in total. The second-order valence-electron chi connectivity index (χ2n) is 3.61. The van der Waals surface area contributed by atoms with E-state index < -0.39 is 26.6 Å². The van der Waals surface area contributed by atoms with E-state index in [1.54, 1.807) is 0 Å². The topological polar surface area (TPSA) is 92.3 Å². The Balaban J connectivity index is 3.06. The molecule has 86 valence electrons. The van der Waals surface area contributed by atoms with E-state index in [2.05, 4.69) is 10.6 Å². The van der Waals surface area contributed by atoms with Crippen molar-refractivity contribution in [3.63, 3.8) is 0 Å². The molecule has 0 aromatic heterocycles. The van der Waals surface area contributed by atoms with Gasteiger partial charge in [-0.1, -0.05) is 0 Å². The first kappa shape index (κ1) is 12.0. The highest BCUT2D eigenvalue weighted by Crippen LogP contribution is 2.27. The van der Waals surface area contributed by atoms with Gasteiger partial charge in [0.25, 0.3) is 0 Å². The number of nitrogens with one attached hydrogen (secondary N) is 2. The van der Waals surface area contributed by atoms with Crippen molar-refractivity contribution in [1.29, 1.82) is 0 Å². The first-order valence-electron chi connectivity index (χ1n) is 4.59. The number of rotatable bonds is 2. The normalized spacial score (nSPS) is 22.0. The van der Waals surface area contributed by atoms with Crippen LogP contribution in [0.2, 0.25) is 0 Å². The van der Waals surface area contributed by atoms with Crippen LogP contribution in [-0.2, 0) is 19.4 Å². The molecule has 2 N–H and O–H groups in total.